The first-order valence-corrected chi connectivity index (χ1v) is 6.25. The molecule has 0 aliphatic heterocycles. The van der Waals surface area contributed by atoms with E-state index in [0.29, 0.717) is 0 Å². The van der Waals surface area contributed by atoms with Crippen LogP contribution in [0.25, 0.3) is 0 Å². The zero-order chi connectivity index (χ0) is 12.4. The van der Waals surface area contributed by atoms with Gasteiger partial charge in [-0.25, -0.2) is 0 Å². The molecular formula is C15H17ClO. The Morgan fingerprint density at radius 2 is 1.88 bits per heavy atom. The Balaban J connectivity index is 2.12. The average molecular weight is 249 g/mol. The van der Waals surface area contributed by atoms with Crippen molar-refractivity contribution in [3.8, 4) is 0 Å². The van der Waals surface area contributed by atoms with Gasteiger partial charge in [0.2, 0.25) is 0 Å². The summed E-state index contributed by atoms with van der Waals surface area (Å²) in [6.45, 7) is 6.18. The zero-order valence-corrected chi connectivity index (χ0v) is 11.2. The maximum Gasteiger partial charge on any atom is 0.101 e. The summed E-state index contributed by atoms with van der Waals surface area (Å²) in [4.78, 5) is 0. The van der Waals surface area contributed by atoms with E-state index < -0.39 is 0 Å². The molecule has 1 atom stereocenters. The Bertz CT molecular complexity index is 513. The number of alkyl halides is 1. The first-order valence-electron chi connectivity index (χ1n) is 5.81. The predicted molar refractivity (Wildman–Crippen MR) is 71.7 cm³/mol. The topological polar surface area (TPSA) is 13.1 Å². The summed E-state index contributed by atoms with van der Waals surface area (Å²) in [5, 5.41) is -0.0189. The molecule has 1 aromatic carbocycles. The molecule has 90 valence electrons. The molecule has 0 N–H and O–H groups in total. The molecule has 0 bridgehead atoms. The van der Waals surface area contributed by atoms with E-state index in [1.807, 2.05) is 13.0 Å². The van der Waals surface area contributed by atoms with Crippen LogP contribution in [0.5, 0.6) is 0 Å². The van der Waals surface area contributed by atoms with Crippen LogP contribution < -0.4 is 0 Å². The highest BCUT2D eigenvalue weighted by atomic mass is 35.5. The lowest BCUT2D eigenvalue weighted by Gasteiger charge is -2.09. The fourth-order valence-electron chi connectivity index (χ4n) is 1.88. The van der Waals surface area contributed by atoms with Crippen LogP contribution in [0.2, 0.25) is 0 Å². The van der Waals surface area contributed by atoms with Gasteiger partial charge >= 0.3 is 0 Å². The summed E-state index contributed by atoms with van der Waals surface area (Å²) in [6.07, 6.45) is 2.58. The van der Waals surface area contributed by atoms with Crippen molar-refractivity contribution in [3.05, 3.63) is 58.5 Å². The summed E-state index contributed by atoms with van der Waals surface area (Å²) in [5.41, 5.74) is 4.96. The summed E-state index contributed by atoms with van der Waals surface area (Å²) in [7, 11) is 0. The quantitative estimate of drug-likeness (QED) is 0.716. The van der Waals surface area contributed by atoms with Crippen molar-refractivity contribution in [2.45, 2.75) is 32.6 Å². The van der Waals surface area contributed by atoms with E-state index in [9.17, 15) is 0 Å². The third-order valence-electron chi connectivity index (χ3n) is 3.10. The molecule has 1 nitrogen and oxygen atoms in total. The second kappa shape index (κ2) is 4.97. The Hall–Kier alpha value is -1.21. The van der Waals surface area contributed by atoms with Crippen LogP contribution in [-0.2, 0) is 6.42 Å². The van der Waals surface area contributed by atoms with Gasteiger partial charge in [0.05, 0.1) is 11.6 Å². The maximum absolute atomic E-state index is 6.39. The van der Waals surface area contributed by atoms with Crippen LogP contribution in [0, 0.1) is 20.8 Å². The third-order valence-corrected chi connectivity index (χ3v) is 3.51. The van der Waals surface area contributed by atoms with Gasteiger partial charge in [0.25, 0.3) is 0 Å². The van der Waals surface area contributed by atoms with E-state index >= 15 is 0 Å². The molecule has 0 fully saturated rings. The number of furan rings is 1. The average Bonchev–Trinajstić information content (AvgIpc) is 2.70. The standard InChI is InChI=1S/C15H17ClO/c1-10-4-5-13(6-11(10)2)8-15(16)14-7-12(3)17-9-14/h4-7,9,15H,8H2,1-3H3. The molecule has 17 heavy (non-hydrogen) atoms. The molecule has 0 radical (unpaired) electrons. The molecule has 2 rings (SSSR count). The summed E-state index contributed by atoms with van der Waals surface area (Å²) in [6, 6.07) is 8.50. The molecule has 1 heterocycles. The minimum absolute atomic E-state index is 0.0189. The van der Waals surface area contributed by atoms with E-state index in [1.165, 1.54) is 16.7 Å². The van der Waals surface area contributed by atoms with E-state index in [0.717, 1.165) is 17.7 Å². The maximum atomic E-state index is 6.39. The number of hydrogen-bond donors (Lipinski definition) is 0. The van der Waals surface area contributed by atoms with Crippen molar-refractivity contribution >= 4 is 11.6 Å². The highest BCUT2D eigenvalue weighted by Gasteiger charge is 2.11. The Kier molecular flexibility index (Phi) is 3.58. The second-order valence-corrected chi connectivity index (χ2v) is 5.11. The number of hydrogen-bond acceptors (Lipinski definition) is 1. The van der Waals surface area contributed by atoms with Gasteiger partial charge in [-0.05, 0) is 49.9 Å². The molecule has 0 saturated carbocycles. The molecule has 1 unspecified atom stereocenters. The van der Waals surface area contributed by atoms with Crippen molar-refractivity contribution in [1.29, 1.82) is 0 Å². The monoisotopic (exact) mass is 248 g/mol. The van der Waals surface area contributed by atoms with Crippen LogP contribution in [0.15, 0.2) is 34.9 Å². The highest BCUT2D eigenvalue weighted by molar-refractivity contribution is 6.20. The Labute approximate surface area is 107 Å². The van der Waals surface area contributed by atoms with E-state index in [2.05, 4.69) is 32.0 Å². The van der Waals surface area contributed by atoms with Crippen LogP contribution in [-0.4, -0.2) is 0 Å². The van der Waals surface area contributed by atoms with Crippen molar-refractivity contribution in [2.75, 3.05) is 0 Å². The van der Waals surface area contributed by atoms with Gasteiger partial charge in [0.15, 0.2) is 0 Å². The molecule has 0 aliphatic carbocycles. The normalized spacial score (nSPS) is 12.7. The molecule has 2 aromatic rings. The number of benzene rings is 1. The fraction of sp³-hybridized carbons (Fsp3) is 0.333. The van der Waals surface area contributed by atoms with Gasteiger partial charge in [0, 0.05) is 5.56 Å². The zero-order valence-electron chi connectivity index (χ0n) is 10.5. The first kappa shape index (κ1) is 12.3. The lowest BCUT2D eigenvalue weighted by atomic mass is 10.0. The van der Waals surface area contributed by atoms with Gasteiger partial charge in [-0.1, -0.05) is 18.2 Å². The molecule has 0 spiro atoms. The molecule has 0 aliphatic rings. The van der Waals surface area contributed by atoms with Crippen molar-refractivity contribution < 1.29 is 4.42 Å². The largest absolute Gasteiger partial charge is 0.469 e. The van der Waals surface area contributed by atoms with E-state index in [4.69, 9.17) is 16.0 Å². The van der Waals surface area contributed by atoms with Gasteiger partial charge in [-0.2, -0.15) is 0 Å². The highest BCUT2D eigenvalue weighted by Crippen LogP contribution is 2.27. The van der Waals surface area contributed by atoms with E-state index in [-0.39, 0.29) is 5.38 Å². The SMILES string of the molecule is Cc1cc(C(Cl)Cc2ccc(C)c(C)c2)co1. The van der Waals surface area contributed by atoms with Gasteiger partial charge in [0.1, 0.15) is 5.76 Å². The molecule has 1 aromatic heterocycles. The fourth-order valence-corrected chi connectivity index (χ4v) is 2.18. The lowest BCUT2D eigenvalue weighted by molar-refractivity contribution is 0.531. The van der Waals surface area contributed by atoms with Gasteiger partial charge in [-0.3, -0.25) is 0 Å². The molecular weight excluding hydrogens is 232 g/mol. The number of aryl methyl sites for hydroxylation is 3. The smallest absolute Gasteiger partial charge is 0.101 e. The van der Waals surface area contributed by atoms with Crippen molar-refractivity contribution in [2.24, 2.45) is 0 Å². The first-order chi connectivity index (χ1) is 8.06. The van der Waals surface area contributed by atoms with Gasteiger partial charge < -0.3 is 4.42 Å². The van der Waals surface area contributed by atoms with Crippen LogP contribution in [0.4, 0.5) is 0 Å². The Morgan fingerprint density at radius 1 is 1.12 bits per heavy atom. The third kappa shape index (κ3) is 2.92. The number of rotatable bonds is 3. The molecule has 0 saturated heterocycles. The minimum atomic E-state index is -0.0189. The summed E-state index contributed by atoms with van der Waals surface area (Å²) < 4.78 is 5.28. The lowest BCUT2D eigenvalue weighted by Crippen LogP contribution is -1.95. The number of halogens is 1. The van der Waals surface area contributed by atoms with Crippen LogP contribution in [0.3, 0.4) is 0 Å². The minimum Gasteiger partial charge on any atom is -0.469 e. The van der Waals surface area contributed by atoms with E-state index in [1.54, 1.807) is 6.26 Å². The van der Waals surface area contributed by atoms with Crippen molar-refractivity contribution in [1.82, 2.24) is 0 Å². The van der Waals surface area contributed by atoms with Crippen LogP contribution in [0.1, 0.15) is 33.4 Å². The predicted octanol–water partition coefficient (Wildman–Crippen LogP) is 4.73. The molecule has 2 heteroatoms. The molecule has 0 amide bonds. The van der Waals surface area contributed by atoms with Crippen molar-refractivity contribution in [3.63, 3.8) is 0 Å². The second-order valence-electron chi connectivity index (χ2n) is 4.58. The van der Waals surface area contributed by atoms with Gasteiger partial charge in [-0.15, -0.1) is 11.6 Å². The Morgan fingerprint density at radius 3 is 2.47 bits per heavy atom. The summed E-state index contributed by atoms with van der Waals surface area (Å²) in [5.74, 6) is 0.908. The summed E-state index contributed by atoms with van der Waals surface area (Å²) >= 11 is 6.39. The van der Waals surface area contributed by atoms with Crippen LogP contribution >= 0.6 is 11.6 Å².